The second-order valence-corrected chi connectivity index (χ2v) is 7.28. The van der Waals surface area contributed by atoms with E-state index in [4.69, 9.17) is 4.74 Å². The van der Waals surface area contributed by atoms with Gasteiger partial charge in [-0.2, -0.15) is 0 Å². The Hall–Kier alpha value is -3.25. The summed E-state index contributed by atoms with van der Waals surface area (Å²) in [7, 11) is 1.58. The van der Waals surface area contributed by atoms with E-state index in [-0.39, 0.29) is 11.7 Å². The van der Waals surface area contributed by atoms with E-state index in [0.29, 0.717) is 28.5 Å². The van der Waals surface area contributed by atoms with Crippen molar-refractivity contribution in [3.8, 4) is 5.75 Å². The van der Waals surface area contributed by atoms with Crippen LogP contribution in [0.4, 0.5) is 10.1 Å². The monoisotopic (exact) mass is 450 g/mol. The second-order valence-electron chi connectivity index (χ2n) is 6.37. The zero-order valence-electron chi connectivity index (χ0n) is 15.5. The summed E-state index contributed by atoms with van der Waals surface area (Å²) in [6, 6.07) is 20.7. The Labute approximate surface area is 176 Å². The number of halogens is 2. The molecule has 0 saturated heterocycles. The molecule has 0 radical (unpaired) electrons. The average Bonchev–Trinajstić information content (AvgIpc) is 3.05. The zero-order valence-corrected chi connectivity index (χ0v) is 17.1. The van der Waals surface area contributed by atoms with E-state index in [2.05, 4.69) is 20.9 Å². The number of amidine groups is 1. The van der Waals surface area contributed by atoms with E-state index < -0.39 is 0 Å². The third-order valence-corrected chi connectivity index (χ3v) is 4.94. The molecule has 1 amide bonds. The lowest BCUT2D eigenvalue weighted by molar-refractivity contribution is -0.113. The van der Waals surface area contributed by atoms with Crippen LogP contribution in [0, 0.1) is 5.82 Å². The number of methoxy groups -OCH3 is 1. The zero-order chi connectivity index (χ0) is 20.4. The van der Waals surface area contributed by atoms with E-state index >= 15 is 0 Å². The van der Waals surface area contributed by atoms with Crippen molar-refractivity contribution in [3.63, 3.8) is 0 Å². The number of aliphatic imine (C=N–C) groups is 1. The number of amides is 1. The Balaban J connectivity index is 1.80. The molecule has 0 atom stereocenters. The number of hydrogen-bond acceptors (Lipinski definition) is 3. The van der Waals surface area contributed by atoms with Crippen LogP contribution in [0.3, 0.4) is 0 Å². The van der Waals surface area contributed by atoms with Gasteiger partial charge in [-0.05, 0) is 72.3 Å². The summed E-state index contributed by atoms with van der Waals surface area (Å²) in [4.78, 5) is 19.3. The predicted molar refractivity (Wildman–Crippen MR) is 116 cm³/mol. The highest BCUT2D eigenvalue weighted by Gasteiger charge is 2.32. The normalized spacial score (nSPS) is 15.0. The van der Waals surface area contributed by atoms with Gasteiger partial charge in [-0.25, -0.2) is 9.38 Å². The minimum absolute atomic E-state index is 0.255. The summed E-state index contributed by atoms with van der Waals surface area (Å²) in [6.07, 6.45) is 1.74. The molecule has 0 saturated carbocycles. The van der Waals surface area contributed by atoms with E-state index in [9.17, 15) is 9.18 Å². The van der Waals surface area contributed by atoms with Crippen LogP contribution in [0.1, 0.15) is 11.1 Å². The fraction of sp³-hybridized carbons (Fsp3) is 0.0435. The summed E-state index contributed by atoms with van der Waals surface area (Å²) >= 11 is 3.44. The molecule has 0 fully saturated rings. The van der Waals surface area contributed by atoms with Gasteiger partial charge in [0.05, 0.1) is 12.8 Å². The smallest absolute Gasteiger partial charge is 0.282 e. The summed E-state index contributed by atoms with van der Waals surface area (Å²) in [5, 5.41) is 0. The first-order valence-corrected chi connectivity index (χ1v) is 9.65. The van der Waals surface area contributed by atoms with Crippen molar-refractivity contribution in [2.24, 2.45) is 4.99 Å². The molecule has 1 aliphatic heterocycles. The topological polar surface area (TPSA) is 41.9 Å². The van der Waals surface area contributed by atoms with Crippen molar-refractivity contribution in [3.05, 3.63) is 99.9 Å². The first-order chi connectivity index (χ1) is 14.0. The highest BCUT2D eigenvalue weighted by molar-refractivity contribution is 9.10. The highest BCUT2D eigenvalue weighted by atomic mass is 79.9. The lowest BCUT2D eigenvalue weighted by Gasteiger charge is -2.18. The molecule has 6 heteroatoms. The molecular formula is C23H16BrFN2O2. The van der Waals surface area contributed by atoms with Gasteiger partial charge in [-0.3, -0.25) is 9.69 Å². The molecule has 0 aliphatic carbocycles. The Bertz CT molecular complexity index is 1120. The van der Waals surface area contributed by atoms with E-state index in [0.717, 1.165) is 10.0 Å². The number of anilines is 1. The van der Waals surface area contributed by atoms with Crippen molar-refractivity contribution in [1.82, 2.24) is 0 Å². The maximum atomic E-state index is 13.4. The maximum absolute atomic E-state index is 13.4. The summed E-state index contributed by atoms with van der Waals surface area (Å²) < 4.78 is 19.5. The second kappa shape index (κ2) is 8.01. The van der Waals surface area contributed by atoms with Crippen LogP contribution in [0.25, 0.3) is 6.08 Å². The molecule has 3 aromatic rings. The van der Waals surface area contributed by atoms with Crippen molar-refractivity contribution in [2.75, 3.05) is 12.0 Å². The molecule has 0 bridgehead atoms. The fourth-order valence-corrected chi connectivity index (χ4v) is 3.45. The molecule has 1 aliphatic rings. The van der Waals surface area contributed by atoms with E-state index in [1.807, 2.05) is 24.3 Å². The van der Waals surface area contributed by atoms with E-state index in [1.165, 1.54) is 17.0 Å². The first-order valence-electron chi connectivity index (χ1n) is 8.85. The average molecular weight is 451 g/mol. The highest BCUT2D eigenvalue weighted by Crippen LogP contribution is 2.29. The standard InChI is InChI=1S/C23H16BrFN2O2/c1-29-20-11-9-19(10-12-20)27-22(16-5-7-18(25)8-6-16)26-21(23(27)28)14-15-3-2-4-17(24)13-15/h2-14H,1H3/b21-14+. The minimum atomic E-state index is -0.348. The van der Waals surface area contributed by atoms with Crippen molar-refractivity contribution in [1.29, 1.82) is 0 Å². The number of nitrogens with zero attached hydrogens (tertiary/aromatic N) is 2. The van der Waals surface area contributed by atoms with Gasteiger partial charge >= 0.3 is 0 Å². The molecule has 29 heavy (non-hydrogen) atoms. The van der Waals surface area contributed by atoms with Crippen LogP contribution >= 0.6 is 15.9 Å². The lowest BCUT2D eigenvalue weighted by atomic mass is 10.1. The van der Waals surface area contributed by atoms with Crippen LogP contribution in [0.2, 0.25) is 0 Å². The number of carbonyl (C=O) groups excluding carboxylic acids is 1. The van der Waals surface area contributed by atoms with Crippen LogP contribution < -0.4 is 9.64 Å². The van der Waals surface area contributed by atoms with Crippen LogP contribution in [0.5, 0.6) is 5.75 Å². The van der Waals surface area contributed by atoms with Gasteiger partial charge in [0.25, 0.3) is 5.91 Å². The lowest BCUT2D eigenvalue weighted by Crippen LogP contribution is -2.32. The Morgan fingerprint density at radius 1 is 1.03 bits per heavy atom. The van der Waals surface area contributed by atoms with Gasteiger partial charge in [-0.15, -0.1) is 0 Å². The molecular weight excluding hydrogens is 435 g/mol. The summed E-state index contributed by atoms with van der Waals surface area (Å²) in [5.41, 5.74) is 2.45. The molecule has 4 rings (SSSR count). The SMILES string of the molecule is COc1ccc(N2C(=O)/C(=C\c3cccc(Br)c3)N=C2c2ccc(F)cc2)cc1. The van der Waals surface area contributed by atoms with Crippen molar-refractivity contribution in [2.45, 2.75) is 0 Å². The number of benzene rings is 3. The number of hydrogen-bond donors (Lipinski definition) is 0. The quantitative estimate of drug-likeness (QED) is 0.497. The summed E-state index contributed by atoms with van der Waals surface area (Å²) in [6.45, 7) is 0. The molecule has 4 nitrogen and oxygen atoms in total. The minimum Gasteiger partial charge on any atom is -0.497 e. The van der Waals surface area contributed by atoms with Crippen LogP contribution in [-0.4, -0.2) is 18.9 Å². The number of carbonyl (C=O) groups is 1. The molecule has 144 valence electrons. The molecule has 3 aromatic carbocycles. The Morgan fingerprint density at radius 3 is 2.41 bits per heavy atom. The summed E-state index contributed by atoms with van der Waals surface area (Å²) in [5.74, 6) is 0.529. The van der Waals surface area contributed by atoms with Gasteiger partial charge in [-0.1, -0.05) is 28.1 Å². The largest absolute Gasteiger partial charge is 0.497 e. The van der Waals surface area contributed by atoms with Gasteiger partial charge < -0.3 is 4.74 Å². The number of rotatable bonds is 4. The fourth-order valence-electron chi connectivity index (χ4n) is 3.03. The van der Waals surface area contributed by atoms with Gasteiger partial charge in [0.2, 0.25) is 0 Å². The van der Waals surface area contributed by atoms with Crippen molar-refractivity contribution < 1.29 is 13.9 Å². The molecule has 0 aromatic heterocycles. The molecule has 1 heterocycles. The Morgan fingerprint density at radius 2 is 1.76 bits per heavy atom. The number of ether oxygens (including phenoxy) is 1. The first kappa shape index (κ1) is 19.1. The van der Waals surface area contributed by atoms with Crippen LogP contribution in [-0.2, 0) is 4.79 Å². The molecule has 0 unspecified atom stereocenters. The van der Waals surface area contributed by atoms with Crippen molar-refractivity contribution >= 4 is 39.4 Å². The van der Waals surface area contributed by atoms with Crippen LogP contribution in [0.15, 0.2) is 88.0 Å². The maximum Gasteiger partial charge on any atom is 0.282 e. The van der Waals surface area contributed by atoms with Gasteiger partial charge in [0.15, 0.2) is 0 Å². The van der Waals surface area contributed by atoms with E-state index in [1.54, 1.807) is 49.6 Å². The Kier molecular flexibility index (Phi) is 5.27. The molecule has 0 N–H and O–H groups in total. The van der Waals surface area contributed by atoms with Gasteiger partial charge in [0, 0.05) is 10.0 Å². The van der Waals surface area contributed by atoms with Gasteiger partial charge in [0.1, 0.15) is 23.1 Å². The molecule has 0 spiro atoms. The third kappa shape index (κ3) is 3.98. The third-order valence-electron chi connectivity index (χ3n) is 4.45. The predicted octanol–water partition coefficient (Wildman–Crippen LogP) is 5.43.